The maximum atomic E-state index is 4.19. The van der Waals surface area contributed by atoms with Gasteiger partial charge in [-0.2, -0.15) is 5.10 Å². The number of aromatic amines is 1. The summed E-state index contributed by atoms with van der Waals surface area (Å²) in [5.74, 6) is 0.792. The Bertz CT molecular complexity index is 337. The Balaban J connectivity index is 1.54. The zero-order chi connectivity index (χ0) is 10.8. The summed E-state index contributed by atoms with van der Waals surface area (Å²) in [6.45, 7) is 5.84. The van der Waals surface area contributed by atoms with E-state index in [0.29, 0.717) is 0 Å². The van der Waals surface area contributed by atoms with Gasteiger partial charge < -0.3 is 10.2 Å². The van der Waals surface area contributed by atoms with Gasteiger partial charge in [-0.25, -0.2) is 0 Å². The first-order valence-electron chi connectivity index (χ1n) is 6.38. The van der Waals surface area contributed by atoms with E-state index in [-0.39, 0.29) is 0 Å². The van der Waals surface area contributed by atoms with Crippen LogP contribution in [0.5, 0.6) is 0 Å². The minimum absolute atomic E-state index is 0.792. The number of rotatable bonds is 4. The van der Waals surface area contributed by atoms with Gasteiger partial charge in [0.05, 0.1) is 6.20 Å². The molecule has 0 aromatic carbocycles. The van der Waals surface area contributed by atoms with Crippen molar-refractivity contribution in [3.63, 3.8) is 0 Å². The van der Waals surface area contributed by atoms with Crippen molar-refractivity contribution in [2.75, 3.05) is 32.7 Å². The smallest absolute Gasteiger partial charge is 0.0522 e. The molecule has 0 unspecified atom stereocenters. The van der Waals surface area contributed by atoms with Crippen molar-refractivity contribution < 1.29 is 0 Å². The molecule has 1 aromatic heterocycles. The first-order valence-corrected chi connectivity index (χ1v) is 6.38. The third-order valence-electron chi connectivity index (χ3n) is 3.64. The molecule has 2 N–H and O–H groups in total. The highest BCUT2D eigenvalue weighted by atomic mass is 15.2. The van der Waals surface area contributed by atoms with Crippen molar-refractivity contribution in [3.05, 3.63) is 17.5 Å². The lowest BCUT2D eigenvalue weighted by atomic mass is 10.1. The molecule has 3 rings (SSSR count). The molecule has 0 bridgehead atoms. The van der Waals surface area contributed by atoms with Crippen LogP contribution in [0.15, 0.2) is 6.20 Å². The van der Waals surface area contributed by atoms with E-state index in [1.807, 2.05) is 6.20 Å². The van der Waals surface area contributed by atoms with Crippen molar-refractivity contribution in [3.8, 4) is 0 Å². The summed E-state index contributed by atoms with van der Waals surface area (Å²) >= 11 is 0. The van der Waals surface area contributed by atoms with Gasteiger partial charge in [0.1, 0.15) is 0 Å². The Kier molecular flexibility index (Phi) is 2.93. The van der Waals surface area contributed by atoms with Gasteiger partial charge >= 0.3 is 0 Å². The van der Waals surface area contributed by atoms with E-state index in [1.165, 1.54) is 43.7 Å². The second kappa shape index (κ2) is 4.55. The fourth-order valence-corrected chi connectivity index (χ4v) is 2.46. The van der Waals surface area contributed by atoms with Gasteiger partial charge in [0.25, 0.3) is 0 Å². The Labute approximate surface area is 96.4 Å². The van der Waals surface area contributed by atoms with Crippen LogP contribution < -0.4 is 5.32 Å². The zero-order valence-corrected chi connectivity index (χ0v) is 9.71. The van der Waals surface area contributed by atoms with E-state index in [2.05, 4.69) is 20.4 Å². The van der Waals surface area contributed by atoms with Crippen LogP contribution in [0.1, 0.15) is 30.0 Å². The summed E-state index contributed by atoms with van der Waals surface area (Å²) < 4.78 is 0. The molecular formula is C12H20N4. The maximum Gasteiger partial charge on any atom is 0.0522 e. The number of nitrogens with zero attached hydrogens (tertiary/aromatic N) is 2. The molecule has 88 valence electrons. The summed E-state index contributed by atoms with van der Waals surface area (Å²) in [5.41, 5.74) is 2.86. The van der Waals surface area contributed by atoms with Crippen LogP contribution >= 0.6 is 0 Å². The van der Waals surface area contributed by atoms with Gasteiger partial charge in [-0.15, -0.1) is 0 Å². The van der Waals surface area contributed by atoms with Gasteiger partial charge in [0.2, 0.25) is 0 Å². The molecule has 1 aliphatic heterocycles. The number of nitrogens with one attached hydrogen (secondary N) is 2. The first-order chi connectivity index (χ1) is 7.93. The van der Waals surface area contributed by atoms with Gasteiger partial charge in [-0.3, -0.25) is 5.10 Å². The Hall–Kier alpha value is -0.870. The molecule has 2 aliphatic rings. The van der Waals surface area contributed by atoms with Gasteiger partial charge in [-0.1, -0.05) is 0 Å². The lowest BCUT2D eigenvalue weighted by molar-refractivity contribution is 0.244. The topological polar surface area (TPSA) is 44.0 Å². The molecule has 1 aromatic rings. The monoisotopic (exact) mass is 220 g/mol. The predicted molar refractivity (Wildman–Crippen MR) is 63.6 cm³/mol. The zero-order valence-electron chi connectivity index (χ0n) is 9.71. The molecule has 4 heteroatoms. The number of aromatic nitrogens is 2. The molecule has 0 spiro atoms. The highest BCUT2D eigenvalue weighted by Crippen LogP contribution is 2.40. The molecule has 1 saturated heterocycles. The minimum atomic E-state index is 0.792. The highest BCUT2D eigenvalue weighted by Gasteiger charge is 2.27. The molecule has 0 atom stereocenters. The lowest BCUT2D eigenvalue weighted by Crippen LogP contribution is -2.44. The van der Waals surface area contributed by atoms with Crippen molar-refractivity contribution in [1.29, 1.82) is 0 Å². The molecule has 2 fully saturated rings. The van der Waals surface area contributed by atoms with Crippen molar-refractivity contribution in [2.24, 2.45) is 0 Å². The average molecular weight is 220 g/mol. The summed E-state index contributed by atoms with van der Waals surface area (Å²) in [6, 6.07) is 0. The largest absolute Gasteiger partial charge is 0.314 e. The van der Waals surface area contributed by atoms with Crippen LogP contribution in [0.2, 0.25) is 0 Å². The van der Waals surface area contributed by atoms with Gasteiger partial charge in [0, 0.05) is 44.3 Å². The first kappa shape index (κ1) is 10.3. The Morgan fingerprint density at radius 2 is 2.12 bits per heavy atom. The van der Waals surface area contributed by atoms with Crippen molar-refractivity contribution in [2.45, 2.75) is 25.2 Å². The fraction of sp³-hybridized carbons (Fsp3) is 0.750. The quantitative estimate of drug-likeness (QED) is 0.786. The average Bonchev–Trinajstić information content (AvgIpc) is 3.07. The SMILES string of the molecule is c1n[nH]c(C2CC2)c1CCN1CCNCC1. The molecule has 2 heterocycles. The van der Waals surface area contributed by atoms with E-state index in [1.54, 1.807) is 0 Å². The summed E-state index contributed by atoms with van der Waals surface area (Å²) in [7, 11) is 0. The predicted octanol–water partition coefficient (Wildman–Crippen LogP) is 0.735. The third kappa shape index (κ3) is 2.28. The second-order valence-corrected chi connectivity index (χ2v) is 4.92. The van der Waals surface area contributed by atoms with Crippen LogP contribution in [0.4, 0.5) is 0 Å². The second-order valence-electron chi connectivity index (χ2n) is 4.92. The Morgan fingerprint density at radius 3 is 2.88 bits per heavy atom. The van der Waals surface area contributed by atoms with E-state index >= 15 is 0 Å². The third-order valence-corrected chi connectivity index (χ3v) is 3.64. The summed E-state index contributed by atoms with van der Waals surface area (Å²) in [4.78, 5) is 2.54. The molecule has 1 aliphatic carbocycles. The fourth-order valence-electron chi connectivity index (χ4n) is 2.46. The van der Waals surface area contributed by atoms with Gasteiger partial charge in [-0.05, 0) is 24.8 Å². The molecule has 0 amide bonds. The number of piperazine rings is 1. The molecule has 1 saturated carbocycles. The van der Waals surface area contributed by atoms with Crippen LogP contribution in [-0.2, 0) is 6.42 Å². The minimum Gasteiger partial charge on any atom is -0.314 e. The van der Waals surface area contributed by atoms with E-state index in [4.69, 9.17) is 0 Å². The number of H-pyrrole nitrogens is 1. The van der Waals surface area contributed by atoms with Crippen molar-refractivity contribution >= 4 is 0 Å². The highest BCUT2D eigenvalue weighted by molar-refractivity contribution is 5.24. The van der Waals surface area contributed by atoms with Crippen LogP contribution in [-0.4, -0.2) is 47.8 Å². The lowest BCUT2D eigenvalue weighted by Gasteiger charge is -2.27. The van der Waals surface area contributed by atoms with E-state index < -0.39 is 0 Å². The standard InChI is InChI=1S/C12H20N4/c1-2-10(1)12-11(9-14-15-12)3-6-16-7-4-13-5-8-16/h9-10,13H,1-8H2,(H,14,15). The molecule has 4 nitrogen and oxygen atoms in total. The van der Waals surface area contributed by atoms with E-state index in [0.717, 1.165) is 25.4 Å². The molecular weight excluding hydrogens is 200 g/mol. The van der Waals surface area contributed by atoms with Crippen LogP contribution in [0.25, 0.3) is 0 Å². The number of hydrogen-bond donors (Lipinski definition) is 2. The molecule has 16 heavy (non-hydrogen) atoms. The van der Waals surface area contributed by atoms with E-state index in [9.17, 15) is 0 Å². The Morgan fingerprint density at radius 1 is 1.31 bits per heavy atom. The van der Waals surface area contributed by atoms with Crippen molar-refractivity contribution in [1.82, 2.24) is 20.4 Å². The number of hydrogen-bond acceptors (Lipinski definition) is 3. The summed E-state index contributed by atoms with van der Waals surface area (Å²) in [6.07, 6.45) is 5.88. The maximum absolute atomic E-state index is 4.19. The van der Waals surface area contributed by atoms with Crippen LogP contribution in [0.3, 0.4) is 0 Å². The normalized spacial score (nSPS) is 22.5. The van der Waals surface area contributed by atoms with Gasteiger partial charge in [0.15, 0.2) is 0 Å². The summed E-state index contributed by atoms with van der Waals surface area (Å²) in [5, 5.41) is 10.8. The van der Waals surface area contributed by atoms with Crippen LogP contribution in [0, 0.1) is 0 Å². The molecule has 0 radical (unpaired) electrons.